The lowest BCUT2D eigenvalue weighted by molar-refractivity contribution is -0.120. The molecule has 20 heavy (non-hydrogen) atoms. The molecule has 0 aliphatic heterocycles. The molecule has 0 saturated heterocycles. The summed E-state index contributed by atoms with van der Waals surface area (Å²) in [6, 6.07) is 14.2. The predicted octanol–water partition coefficient (Wildman–Crippen LogP) is 3.52. The molecule has 0 heterocycles. The Bertz CT molecular complexity index is 616. The first-order valence-corrected chi connectivity index (χ1v) is 7.55. The maximum absolute atomic E-state index is 12.0. The van der Waals surface area contributed by atoms with E-state index in [-0.39, 0.29) is 11.3 Å². The highest BCUT2D eigenvalue weighted by Crippen LogP contribution is 2.35. The van der Waals surface area contributed by atoms with Crippen molar-refractivity contribution in [2.45, 2.75) is 24.6 Å². The number of hydrogen-bond acceptors (Lipinski definition) is 1. The third kappa shape index (κ3) is 3.13. The zero-order valence-corrected chi connectivity index (χ0v) is 12.1. The minimum absolute atomic E-state index is 0.0488. The molecule has 1 fully saturated rings. The van der Waals surface area contributed by atoms with Crippen LogP contribution < -0.4 is 5.32 Å². The van der Waals surface area contributed by atoms with Gasteiger partial charge in [0, 0.05) is 6.54 Å². The highest BCUT2D eigenvalue weighted by molar-refractivity contribution is 6.21. The second-order valence-electron chi connectivity index (χ2n) is 5.47. The zero-order chi connectivity index (χ0) is 13.9. The first-order valence-electron chi connectivity index (χ1n) is 7.11. The van der Waals surface area contributed by atoms with E-state index >= 15 is 0 Å². The van der Waals surface area contributed by atoms with Crippen LogP contribution in [0.5, 0.6) is 0 Å². The van der Waals surface area contributed by atoms with Crippen LogP contribution in [0.15, 0.2) is 42.5 Å². The van der Waals surface area contributed by atoms with Gasteiger partial charge in [-0.05, 0) is 35.1 Å². The Morgan fingerprint density at radius 3 is 2.75 bits per heavy atom. The molecular formula is C17H18ClNO. The van der Waals surface area contributed by atoms with Crippen molar-refractivity contribution in [1.29, 1.82) is 0 Å². The van der Waals surface area contributed by atoms with Gasteiger partial charge in [0.15, 0.2) is 0 Å². The molecule has 1 aliphatic carbocycles. The number of nitrogens with one attached hydrogen (secondary N) is 1. The Kier molecular flexibility index (Phi) is 3.93. The van der Waals surface area contributed by atoms with Gasteiger partial charge >= 0.3 is 0 Å². The highest BCUT2D eigenvalue weighted by atomic mass is 35.5. The molecule has 0 spiro atoms. The van der Waals surface area contributed by atoms with Gasteiger partial charge in [0.1, 0.15) is 0 Å². The molecule has 3 heteroatoms. The molecule has 1 amide bonds. The normalized spacial score (nSPS) is 16.1. The Labute approximate surface area is 124 Å². The van der Waals surface area contributed by atoms with Crippen molar-refractivity contribution in [3.63, 3.8) is 0 Å². The monoisotopic (exact) mass is 287 g/mol. The van der Waals surface area contributed by atoms with E-state index in [1.165, 1.54) is 18.2 Å². The van der Waals surface area contributed by atoms with Gasteiger partial charge in [0.05, 0.1) is 11.8 Å². The van der Waals surface area contributed by atoms with Gasteiger partial charge < -0.3 is 5.32 Å². The number of hydrogen-bond donors (Lipinski definition) is 1. The van der Waals surface area contributed by atoms with Crippen LogP contribution in [0.4, 0.5) is 0 Å². The van der Waals surface area contributed by atoms with E-state index < -0.39 is 0 Å². The Morgan fingerprint density at radius 1 is 1.20 bits per heavy atom. The molecule has 2 aromatic rings. The fraction of sp³-hybridized carbons (Fsp3) is 0.353. The number of benzene rings is 2. The van der Waals surface area contributed by atoms with Crippen molar-refractivity contribution in [2.24, 2.45) is 5.92 Å². The molecule has 2 aromatic carbocycles. The maximum Gasteiger partial charge on any atom is 0.224 e. The SMILES string of the molecule is O=C(Cc1cccc2ccccc12)NCC(Cl)C1CC1. The van der Waals surface area contributed by atoms with E-state index in [1.807, 2.05) is 24.3 Å². The average molecular weight is 288 g/mol. The Balaban J connectivity index is 1.64. The molecule has 1 unspecified atom stereocenters. The minimum Gasteiger partial charge on any atom is -0.354 e. The van der Waals surface area contributed by atoms with Crippen LogP contribution in [0, 0.1) is 5.92 Å². The van der Waals surface area contributed by atoms with Crippen LogP contribution in [0.1, 0.15) is 18.4 Å². The van der Waals surface area contributed by atoms with Crippen LogP contribution in [-0.4, -0.2) is 17.8 Å². The summed E-state index contributed by atoms with van der Waals surface area (Å²) in [6.07, 6.45) is 2.82. The standard InChI is InChI=1S/C17H18ClNO/c18-16(13-8-9-13)11-19-17(20)10-14-6-3-5-12-4-1-2-7-15(12)14/h1-7,13,16H,8-11H2,(H,19,20). The van der Waals surface area contributed by atoms with Gasteiger partial charge in [0.25, 0.3) is 0 Å². The number of halogens is 1. The summed E-state index contributed by atoms with van der Waals surface area (Å²) >= 11 is 6.21. The van der Waals surface area contributed by atoms with Gasteiger partial charge in [0.2, 0.25) is 5.91 Å². The lowest BCUT2D eigenvalue weighted by atomic mass is 10.0. The van der Waals surface area contributed by atoms with Crippen molar-refractivity contribution >= 4 is 28.3 Å². The van der Waals surface area contributed by atoms with Crippen LogP contribution in [-0.2, 0) is 11.2 Å². The van der Waals surface area contributed by atoms with Gasteiger partial charge in [-0.1, -0.05) is 42.5 Å². The second-order valence-corrected chi connectivity index (χ2v) is 6.03. The average Bonchev–Trinajstić information content (AvgIpc) is 3.30. The van der Waals surface area contributed by atoms with E-state index in [9.17, 15) is 4.79 Å². The van der Waals surface area contributed by atoms with Crippen molar-refractivity contribution < 1.29 is 4.79 Å². The third-order valence-electron chi connectivity index (χ3n) is 3.86. The summed E-state index contributed by atoms with van der Waals surface area (Å²) < 4.78 is 0. The van der Waals surface area contributed by atoms with Crippen LogP contribution in [0.2, 0.25) is 0 Å². The fourth-order valence-corrected chi connectivity index (χ4v) is 2.85. The quantitative estimate of drug-likeness (QED) is 0.838. The smallest absolute Gasteiger partial charge is 0.224 e. The van der Waals surface area contributed by atoms with Crippen LogP contribution >= 0.6 is 11.6 Å². The van der Waals surface area contributed by atoms with Gasteiger partial charge in [-0.25, -0.2) is 0 Å². The molecule has 0 bridgehead atoms. The molecule has 0 radical (unpaired) electrons. The summed E-state index contributed by atoms with van der Waals surface area (Å²) in [7, 11) is 0. The number of amides is 1. The molecule has 104 valence electrons. The van der Waals surface area contributed by atoms with E-state index in [0.29, 0.717) is 18.9 Å². The summed E-state index contributed by atoms with van der Waals surface area (Å²) in [6.45, 7) is 0.579. The topological polar surface area (TPSA) is 29.1 Å². The number of fused-ring (bicyclic) bond motifs is 1. The second kappa shape index (κ2) is 5.84. The predicted molar refractivity (Wildman–Crippen MR) is 83.0 cm³/mol. The first-order chi connectivity index (χ1) is 9.74. The first kappa shape index (κ1) is 13.4. The number of rotatable bonds is 5. The highest BCUT2D eigenvalue weighted by Gasteiger charge is 2.29. The molecule has 1 N–H and O–H groups in total. The molecule has 1 aliphatic rings. The van der Waals surface area contributed by atoms with E-state index in [1.54, 1.807) is 0 Å². The molecule has 1 saturated carbocycles. The number of carbonyl (C=O) groups is 1. The van der Waals surface area contributed by atoms with Crippen molar-refractivity contribution in [3.05, 3.63) is 48.0 Å². The van der Waals surface area contributed by atoms with Crippen molar-refractivity contribution in [1.82, 2.24) is 5.32 Å². The molecule has 2 nitrogen and oxygen atoms in total. The van der Waals surface area contributed by atoms with Crippen molar-refractivity contribution in [2.75, 3.05) is 6.54 Å². The Morgan fingerprint density at radius 2 is 1.95 bits per heavy atom. The lowest BCUT2D eigenvalue weighted by Crippen LogP contribution is -2.31. The molecule has 1 atom stereocenters. The van der Waals surface area contributed by atoms with Gasteiger partial charge in [-0.15, -0.1) is 11.6 Å². The Hall–Kier alpha value is -1.54. The van der Waals surface area contributed by atoms with E-state index in [2.05, 4.69) is 23.5 Å². The summed E-state index contributed by atoms with van der Waals surface area (Å²) in [5, 5.41) is 5.36. The van der Waals surface area contributed by atoms with E-state index in [4.69, 9.17) is 11.6 Å². The number of carbonyl (C=O) groups excluding carboxylic acids is 1. The van der Waals surface area contributed by atoms with Crippen LogP contribution in [0.3, 0.4) is 0 Å². The lowest BCUT2D eigenvalue weighted by Gasteiger charge is -2.11. The van der Waals surface area contributed by atoms with Gasteiger partial charge in [-0.3, -0.25) is 4.79 Å². The van der Waals surface area contributed by atoms with Crippen molar-refractivity contribution in [3.8, 4) is 0 Å². The zero-order valence-electron chi connectivity index (χ0n) is 11.3. The summed E-state index contributed by atoms with van der Waals surface area (Å²) in [5.41, 5.74) is 1.07. The number of alkyl halides is 1. The maximum atomic E-state index is 12.0. The summed E-state index contributed by atoms with van der Waals surface area (Å²) in [5.74, 6) is 0.655. The molecular weight excluding hydrogens is 270 g/mol. The van der Waals surface area contributed by atoms with Gasteiger partial charge in [-0.2, -0.15) is 0 Å². The third-order valence-corrected chi connectivity index (χ3v) is 4.37. The molecule has 3 rings (SSSR count). The fourth-order valence-electron chi connectivity index (χ4n) is 2.52. The summed E-state index contributed by atoms with van der Waals surface area (Å²) in [4.78, 5) is 12.0. The minimum atomic E-state index is 0.0488. The van der Waals surface area contributed by atoms with E-state index in [0.717, 1.165) is 10.9 Å². The van der Waals surface area contributed by atoms with Crippen LogP contribution in [0.25, 0.3) is 10.8 Å². The molecule has 0 aromatic heterocycles. The largest absolute Gasteiger partial charge is 0.354 e.